The highest BCUT2D eigenvalue weighted by atomic mass is 16.6. The summed E-state index contributed by atoms with van der Waals surface area (Å²) in [7, 11) is 0. The lowest BCUT2D eigenvalue weighted by atomic mass is 10.2. The normalized spacial score (nSPS) is 26.8. The first-order valence-electron chi connectivity index (χ1n) is 3.94. The summed E-state index contributed by atoms with van der Waals surface area (Å²) in [5.74, 6) is -1.82. The summed E-state index contributed by atoms with van der Waals surface area (Å²) >= 11 is 0. The average molecular weight is 185 g/mol. The Kier molecular flexibility index (Phi) is 2.79. The molecule has 0 aromatic heterocycles. The van der Waals surface area contributed by atoms with E-state index in [4.69, 9.17) is 0 Å². The summed E-state index contributed by atoms with van der Waals surface area (Å²) in [6.07, 6.45) is 1.81. The number of aliphatic hydroxyl groups is 1. The highest BCUT2D eigenvalue weighted by molar-refractivity contribution is 5.94. The van der Waals surface area contributed by atoms with Crippen LogP contribution in [0.15, 0.2) is 12.7 Å². The number of esters is 2. The Morgan fingerprint density at radius 2 is 2.31 bits per heavy atom. The zero-order valence-corrected chi connectivity index (χ0v) is 7.08. The van der Waals surface area contributed by atoms with E-state index in [0.29, 0.717) is 13.0 Å². The van der Waals surface area contributed by atoms with E-state index in [1.165, 1.54) is 0 Å². The largest absolute Gasteiger partial charge is 0.387 e. The van der Waals surface area contributed by atoms with Crippen LogP contribution in [-0.2, 0) is 14.3 Å². The van der Waals surface area contributed by atoms with Gasteiger partial charge in [0.2, 0.25) is 5.72 Å². The van der Waals surface area contributed by atoms with Crippen molar-refractivity contribution in [3.05, 3.63) is 12.7 Å². The first-order chi connectivity index (χ1) is 6.08. The van der Waals surface area contributed by atoms with Gasteiger partial charge in [0.15, 0.2) is 0 Å². The van der Waals surface area contributed by atoms with Gasteiger partial charge in [0, 0.05) is 12.5 Å². The molecule has 0 saturated carbocycles. The molecule has 1 rings (SSSR count). The van der Waals surface area contributed by atoms with Crippen LogP contribution in [0, 0.1) is 0 Å². The fraction of sp³-hybridized carbons (Fsp3) is 0.500. The Morgan fingerprint density at radius 3 is 2.77 bits per heavy atom. The second-order valence-electron chi connectivity index (χ2n) is 2.80. The van der Waals surface area contributed by atoms with Gasteiger partial charge in [0.25, 0.3) is 0 Å². The summed E-state index contributed by atoms with van der Waals surface area (Å²) in [6, 6.07) is 0. The molecule has 1 aliphatic rings. The van der Waals surface area contributed by atoms with Crippen molar-refractivity contribution in [1.82, 2.24) is 5.32 Å². The van der Waals surface area contributed by atoms with Crippen molar-refractivity contribution in [2.24, 2.45) is 0 Å². The van der Waals surface area contributed by atoms with Crippen LogP contribution in [0.25, 0.3) is 0 Å². The van der Waals surface area contributed by atoms with Gasteiger partial charge in [0.05, 0.1) is 0 Å². The molecule has 0 bridgehead atoms. The Hall–Kier alpha value is -1.20. The lowest BCUT2D eigenvalue weighted by molar-refractivity contribution is -0.173. The molecule has 1 atom stereocenters. The van der Waals surface area contributed by atoms with Gasteiger partial charge in [-0.1, -0.05) is 6.58 Å². The fourth-order valence-corrected chi connectivity index (χ4v) is 1.12. The van der Waals surface area contributed by atoms with Crippen molar-refractivity contribution in [2.75, 3.05) is 6.54 Å². The molecule has 0 aromatic carbocycles. The minimum atomic E-state index is -1.70. The fourth-order valence-electron chi connectivity index (χ4n) is 1.12. The molecule has 0 aromatic rings. The molecule has 1 saturated heterocycles. The Morgan fingerprint density at radius 1 is 1.62 bits per heavy atom. The number of ether oxygens (including phenoxy) is 1. The average Bonchev–Trinajstić information content (AvgIpc) is 2.53. The predicted octanol–water partition coefficient (Wildman–Crippen LogP) is -0.686. The second-order valence-corrected chi connectivity index (χ2v) is 2.80. The van der Waals surface area contributed by atoms with E-state index in [1.54, 1.807) is 0 Å². The van der Waals surface area contributed by atoms with Crippen LogP contribution >= 0.6 is 0 Å². The predicted molar refractivity (Wildman–Crippen MR) is 43.5 cm³/mol. The van der Waals surface area contributed by atoms with Gasteiger partial charge in [-0.3, -0.25) is 5.32 Å². The Labute approximate surface area is 75.4 Å². The molecular weight excluding hydrogens is 174 g/mol. The summed E-state index contributed by atoms with van der Waals surface area (Å²) in [6.45, 7) is 3.67. The maximum absolute atomic E-state index is 11.1. The van der Waals surface area contributed by atoms with Crippen LogP contribution in [0.4, 0.5) is 0 Å². The summed E-state index contributed by atoms with van der Waals surface area (Å²) in [4.78, 5) is 21.8. The third-order valence-electron chi connectivity index (χ3n) is 1.83. The molecule has 0 spiro atoms. The van der Waals surface area contributed by atoms with E-state index in [2.05, 4.69) is 16.6 Å². The van der Waals surface area contributed by atoms with Crippen molar-refractivity contribution >= 4 is 11.9 Å². The third-order valence-corrected chi connectivity index (χ3v) is 1.83. The number of rotatable bonds is 2. The van der Waals surface area contributed by atoms with Gasteiger partial charge in [0.1, 0.15) is 0 Å². The SMILES string of the molecule is C=CC(=O)OC(=O)[C@]1(O)CCCN1. The maximum atomic E-state index is 11.1. The summed E-state index contributed by atoms with van der Waals surface area (Å²) in [5.41, 5.74) is -1.70. The monoisotopic (exact) mass is 185 g/mol. The number of carbonyl (C=O) groups excluding carboxylic acids is 2. The zero-order valence-electron chi connectivity index (χ0n) is 7.08. The van der Waals surface area contributed by atoms with E-state index in [-0.39, 0.29) is 6.42 Å². The van der Waals surface area contributed by atoms with E-state index in [0.717, 1.165) is 6.08 Å². The number of nitrogens with one attached hydrogen (secondary N) is 1. The van der Waals surface area contributed by atoms with Crippen LogP contribution in [0.2, 0.25) is 0 Å². The van der Waals surface area contributed by atoms with Gasteiger partial charge >= 0.3 is 11.9 Å². The number of hydrogen-bond acceptors (Lipinski definition) is 5. The summed E-state index contributed by atoms with van der Waals surface area (Å²) in [5, 5.41) is 12.1. The maximum Gasteiger partial charge on any atom is 0.361 e. The number of hydrogen-bond donors (Lipinski definition) is 2. The molecule has 2 N–H and O–H groups in total. The lowest BCUT2D eigenvalue weighted by Crippen LogP contribution is -2.49. The first-order valence-corrected chi connectivity index (χ1v) is 3.94. The molecule has 1 aliphatic heterocycles. The zero-order chi connectivity index (χ0) is 9.90. The standard InChI is InChI=1S/C8H11NO4/c1-2-6(10)13-7(11)8(12)4-3-5-9-8/h2,9,12H,1,3-5H2/t8-/m1/s1. The highest BCUT2D eigenvalue weighted by Gasteiger charge is 2.41. The van der Waals surface area contributed by atoms with Crippen molar-refractivity contribution < 1.29 is 19.4 Å². The van der Waals surface area contributed by atoms with E-state index in [1.807, 2.05) is 0 Å². The molecule has 1 heterocycles. The molecule has 0 amide bonds. The molecule has 5 nitrogen and oxygen atoms in total. The van der Waals surface area contributed by atoms with Crippen LogP contribution < -0.4 is 5.32 Å². The Balaban J connectivity index is 2.56. The van der Waals surface area contributed by atoms with Gasteiger partial charge in [-0.15, -0.1) is 0 Å². The second kappa shape index (κ2) is 3.68. The van der Waals surface area contributed by atoms with Crippen molar-refractivity contribution in [3.8, 4) is 0 Å². The van der Waals surface area contributed by atoms with Crippen molar-refractivity contribution in [2.45, 2.75) is 18.6 Å². The Bertz CT molecular complexity index is 243. The molecule has 0 aliphatic carbocycles. The minimum absolute atomic E-state index is 0.260. The molecule has 72 valence electrons. The van der Waals surface area contributed by atoms with Crippen LogP contribution in [0.3, 0.4) is 0 Å². The lowest BCUT2D eigenvalue weighted by Gasteiger charge is -2.18. The van der Waals surface area contributed by atoms with Gasteiger partial charge < -0.3 is 9.84 Å². The topological polar surface area (TPSA) is 75.6 Å². The first kappa shape index (κ1) is 9.88. The van der Waals surface area contributed by atoms with Crippen molar-refractivity contribution in [3.63, 3.8) is 0 Å². The van der Waals surface area contributed by atoms with E-state index in [9.17, 15) is 14.7 Å². The van der Waals surface area contributed by atoms with Crippen LogP contribution in [0.1, 0.15) is 12.8 Å². The molecule has 5 heteroatoms. The van der Waals surface area contributed by atoms with E-state index < -0.39 is 17.7 Å². The molecule has 0 unspecified atom stereocenters. The highest BCUT2D eigenvalue weighted by Crippen LogP contribution is 2.17. The van der Waals surface area contributed by atoms with Gasteiger partial charge in [-0.25, -0.2) is 9.59 Å². The molecule has 0 radical (unpaired) electrons. The van der Waals surface area contributed by atoms with Gasteiger partial charge in [-0.2, -0.15) is 0 Å². The van der Waals surface area contributed by atoms with E-state index >= 15 is 0 Å². The summed E-state index contributed by atoms with van der Waals surface area (Å²) < 4.78 is 4.28. The third kappa shape index (κ3) is 2.13. The minimum Gasteiger partial charge on any atom is -0.387 e. The molecular formula is C8H11NO4. The quantitative estimate of drug-likeness (QED) is 0.338. The van der Waals surface area contributed by atoms with Crippen LogP contribution in [0.5, 0.6) is 0 Å². The van der Waals surface area contributed by atoms with Crippen LogP contribution in [-0.4, -0.2) is 29.3 Å². The van der Waals surface area contributed by atoms with Gasteiger partial charge in [-0.05, 0) is 13.0 Å². The number of carbonyl (C=O) groups is 2. The molecule has 1 fully saturated rings. The smallest absolute Gasteiger partial charge is 0.361 e. The molecule has 13 heavy (non-hydrogen) atoms. The van der Waals surface area contributed by atoms with Crippen molar-refractivity contribution in [1.29, 1.82) is 0 Å².